The first-order chi connectivity index (χ1) is 8.99. The molecule has 19 heavy (non-hydrogen) atoms. The number of halogens is 2. The van der Waals surface area contributed by atoms with Gasteiger partial charge in [-0.25, -0.2) is 21.9 Å². The van der Waals surface area contributed by atoms with E-state index in [9.17, 15) is 17.2 Å². The zero-order chi connectivity index (χ0) is 13.9. The molecule has 100 valence electrons. The van der Waals surface area contributed by atoms with Gasteiger partial charge < -0.3 is 0 Å². The van der Waals surface area contributed by atoms with E-state index in [1.165, 1.54) is 0 Å². The standard InChI is InChI=1S/C13H11F2NO2S/c14-11-6-7-12(15)13(8-11)19(17,18)16-9-10-4-2-1-3-5-10/h1-8,16H,9H2. The Kier molecular flexibility index (Phi) is 3.92. The summed E-state index contributed by atoms with van der Waals surface area (Å²) in [5.41, 5.74) is 0.725. The molecule has 0 bridgehead atoms. The maximum Gasteiger partial charge on any atom is 0.243 e. The van der Waals surface area contributed by atoms with Gasteiger partial charge in [-0.2, -0.15) is 0 Å². The summed E-state index contributed by atoms with van der Waals surface area (Å²) >= 11 is 0. The fourth-order valence-electron chi connectivity index (χ4n) is 1.54. The first-order valence-corrected chi connectivity index (χ1v) is 6.96. The molecule has 0 spiro atoms. The third-order valence-electron chi connectivity index (χ3n) is 2.49. The molecular weight excluding hydrogens is 272 g/mol. The van der Waals surface area contributed by atoms with Gasteiger partial charge in [0.1, 0.15) is 16.5 Å². The number of hydrogen-bond donors (Lipinski definition) is 1. The van der Waals surface area contributed by atoms with Crippen molar-refractivity contribution >= 4 is 10.0 Å². The molecule has 2 aromatic rings. The quantitative estimate of drug-likeness (QED) is 0.936. The van der Waals surface area contributed by atoms with Crippen LogP contribution in [0, 0.1) is 11.6 Å². The van der Waals surface area contributed by atoms with Gasteiger partial charge in [0.15, 0.2) is 0 Å². The molecule has 6 heteroatoms. The second-order valence-electron chi connectivity index (χ2n) is 3.88. The molecule has 2 rings (SSSR count). The van der Waals surface area contributed by atoms with Crippen LogP contribution >= 0.6 is 0 Å². The fraction of sp³-hybridized carbons (Fsp3) is 0.0769. The van der Waals surface area contributed by atoms with E-state index in [0.29, 0.717) is 6.07 Å². The molecule has 0 atom stereocenters. The number of sulfonamides is 1. The summed E-state index contributed by atoms with van der Waals surface area (Å²) in [6.45, 7) is 0.0130. The van der Waals surface area contributed by atoms with Gasteiger partial charge in [-0.3, -0.25) is 0 Å². The molecule has 1 N–H and O–H groups in total. The minimum Gasteiger partial charge on any atom is -0.207 e. The van der Waals surface area contributed by atoms with Crippen molar-refractivity contribution in [2.75, 3.05) is 0 Å². The van der Waals surface area contributed by atoms with E-state index in [1.54, 1.807) is 30.3 Å². The first-order valence-electron chi connectivity index (χ1n) is 5.48. The molecule has 0 aliphatic rings. The van der Waals surface area contributed by atoms with Gasteiger partial charge in [0.05, 0.1) is 0 Å². The number of benzene rings is 2. The van der Waals surface area contributed by atoms with Gasteiger partial charge >= 0.3 is 0 Å². The molecule has 3 nitrogen and oxygen atoms in total. The summed E-state index contributed by atoms with van der Waals surface area (Å²) in [5.74, 6) is -1.79. The van der Waals surface area contributed by atoms with Crippen molar-refractivity contribution in [1.82, 2.24) is 4.72 Å². The highest BCUT2D eigenvalue weighted by Crippen LogP contribution is 2.16. The Bertz CT molecular complexity index is 672. The second kappa shape index (κ2) is 5.46. The summed E-state index contributed by atoms with van der Waals surface area (Å²) < 4.78 is 52.3. The average molecular weight is 283 g/mol. The number of nitrogens with one attached hydrogen (secondary N) is 1. The van der Waals surface area contributed by atoms with Crippen LogP contribution in [0.15, 0.2) is 53.4 Å². The van der Waals surface area contributed by atoms with Crippen molar-refractivity contribution in [3.8, 4) is 0 Å². The van der Waals surface area contributed by atoms with E-state index in [2.05, 4.69) is 4.72 Å². The summed E-state index contributed by atoms with van der Waals surface area (Å²) in [6.07, 6.45) is 0. The maximum absolute atomic E-state index is 13.4. The largest absolute Gasteiger partial charge is 0.243 e. The molecule has 0 radical (unpaired) electrons. The SMILES string of the molecule is O=S(=O)(NCc1ccccc1)c1cc(F)ccc1F. The topological polar surface area (TPSA) is 46.2 Å². The van der Waals surface area contributed by atoms with E-state index in [4.69, 9.17) is 0 Å². The number of hydrogen-bond acceptors (Lipinski definition) is 2. The van der Waals surface area contributed by atoms with Crippen LogP contribution in [-0.4, -0.2) is 8.42 Å². The van der Waals surface area contributed by atoms with Crippen molar-refractivity contribution < 1.29 is 17.2 Å². The molecule has 0 fully saturated rings. The number of rotatable bonds is 4. The minimum absolute atomic E-state index is 0.0130. The zero-order valence-corrected chi connectivity index (χ0v) is 10.6. The van der Waals surface area contributed by atoms with Crippen LogP contribution in [0.25, 0.3) is 0 Å². The van der Waals surface area contributed by atoms with Crippen LogP contribution in [0.3, 0.4) is 0 Å². The highest BCUT2D eigenvalue weighted by Gasteiger charge is 2.19. The Labute approximate surface area is 109 Å². The smallest absolute Gasteiger partial charge is 0.207 e. The van der Waals surface area contributed by atoms with E-state index >= 15 is 0 Å². The van der Waals surface area contributed by atoms with Gasteiger partial charge in [-0.05, 0) is 23.8 Å². The van der Waals surface area contributed by atoms with Gasteiger partial charge in [0, 0.05) is 6.54 Å². The Hall–Kier alpha value is -1.79. The predicted octanol–water partition coefficient (Wildman–Crippen LogP) is 2.44. The maximum atomic E-state index is 13.4. The van der Waals surface area contributed by atoms with Crippen molar-refractivity contribution in [1.29, 1.82) is 0 Å². The Balaban J connectivity index is 2.21. The van der Waals surface area contributed by atoms with Crippen molar-refractivity contribution in [2.24, 2.45) is 0 Å². The van der Waals surface area contributed by atoms with Crippen LogP contribution in [-0.2, 0) is 16.6 Å². The fourth-order valence-corrected chi connectivity index (χ4v) is 2.64. The van der Waals surface area contributed by atoms with Gasteiger partial charge in [0.25, 0.3) is 0 Å². The minimum atomic E-state index is -4.08. The molecule has 2 aromatic carbocycles. The summed E-state index contributed by atoms with van der Waals surface area (Å²) in [7, 11) is -4.08. The Morgan fingerprint density at radius 3 is 2.37 bits per heavy atom. The van der Waals surface area contributed by atoms with Crippen molar-refractivity contribution in [3.63, 3.8) is 0 Å². The van der Waals surface area contributed by atoms with Gasteiger partial charge in [-0.15, -0.1) is 0 Å². The second-order valence-corrected chi connectivity index (χ2v) is 5.62. The van der Waals surface area contributed by atoms with Crippen molar-refractivity contribution in [2.45, 2.75) is 11.4 Å². The van der Waals surface area contributed by atoms with Crippen LogP contribution in [0.5, 0.6) is 0 Å². The summed E-state index contributed by atoms with van der Waals surface area (Å²) in [6, 6.07) is 11.1. The Morgan fingerprint density at radius 2 is 1.68 bits per heavy atom. The molecule has 0 saturated heterocycles. The third kappa shape index (κ3) is 3.36. The summed E-state index contributed by atoms with van der Waals surface area (Å²) in [5, 5.41) is 0. The lowest BCUT2D eigenvalue weighted by Gasteiger charge is -2.07. The molecule has 0 aliphatic carbocycles. The zero-order valence-electron chi connectivity index (χ0n) is 9.81. The van der Waals surface area contributed by atoms with E-state index in [-0.39, 0.29) is 6.54 Å². The molecule has 0 unspecified atom stereocenters. The van der Waals surface area contributed by atoms with Crippen molar-refractivity contribution in [3.05, 3.63) is 65.7 Å². The molecular formula is C13H11F2NO2S. The predicted molar refractivity (Wildman–Crippen MR) is 66.8 cm³/mol. The van der Waals surface area contributed by atoms with Crippen LogP contribution in [0.1, 0.15) is 5.56 Å². The van der Waals surface area contributed by atoms with Gasteiger partial charge in [0.2, 0.25) is 10.0 Å². The van der Waals surface area contributed by atoms with Crippen LogP contribution in [0.4, 0.5) is 8.78 Å². The van der Waals surface area contributed by atoms with E-state index in [1.807, 2.05) is 0 Å². The van der Waals surface area contributed by atoms with E-state index < -0.39 is 26.6 Å². The lowest BCUT2D eigenvalue weighted by molar-refractivity contribution is 0.545. The highest BCUT2D eigenvalue weighted by atomic mass is 32.2. The normalized spacial score (nSPS) is 11.5. The van der Waals surface area contributed by atoms with Crippen LogP contribution < -0.4 is 4.72 Å². The lowest BCUT2D eigenvalue weighted by Crippen LogP contribution is -2.24. The van der Waals surface area contributed by atoms with Gasteiger partial charge in [-0.1, -0.05) is 30.3 Å². The monoisotopic (exact) mass is 283 g/mol. The molecule has 0 saturated carbocycles. The lowest BCUT2D eigenvalue weighted by atomic mass is 10.2. The molecule has 0 amide bonds. The Morgan fingerprint density at radius 1 is 1.00 bits per heavy atom. The van der Waals surface area contributed by atoms with Crippen LogP contribution in [0.2, 0.25) is 0 Å². The average Bonchev–Trinajstić information content (AvgIpc) is 2.40. The highest BCUT2D eigenvalue weighted by molar-refractivity contribution is 7.89. The molecule has 0 aromatic heterocycles. The third-order valence-corrected chi connectivity index (χ3v) is 3.91. The first kappa shape index (κ1) is 13.6. The molecule has 0 aliphatic heterocycles. The van der Waals surface area contributed by atoms with E-state index in [0.717, 1.165) is 17.7 Å². The molecule has 0 heterocycles. The summed E-state index contributed by atoms with van der Waals surface area (Å²) in [4.78, 5) is -0.691.